The van der Waals surface area contributed by atoms with Gasteiger partial charge in [0.25, 0.3) is 5.91 Å². The number of halogens is 1. The van der Waals surface area contributed by atoms with E-state index in [4.69, 9.17) is 4.74 Å². The Morgan fingerprint density at radius 3 is 2.83 bits per heavy atom. The fraction of sp³-hybridized carbons (Fsp3) is 0.733. The quantitative estimate of drug-likeness (QED) is 0.733. The van der Waals surface area contributed by atoms with Gasteiger partial charge in [0.05, 0.1) is 13.2 Å². The zero-order valence-corrected chi connectivity index (χ0v) is 14.5. The highest BCUT2D eigenvalue weighted by Crippen LogP contribution is 2.16. The van der Waals surface area contributed by atoms with Gasteiger partial charge in [-0.25, -0.2) is 0 Å². The Labute approximate surface area is 142 Å². The Bertz CT molecular complexity index is 530. The van der Waals surface area contributed by atoms with Crippen LogP contribution in [0.5, 0.6) is 0 Å². The number of aromatic amines is 1. The highest BCUT2D eigenvalue weighted by atomic mass is 35.5. The number of hydrogen-bond acceptors (Lipinski definition) is 5. The third-order valence-corrected chi connectivity index (χ3v) is 4.73. The van der Waals surface area contributed by atoms with Gasteiger partial charge in [0.15, 0.2) is 5.69 Å². The molecule has 0 bridgehead atoms. The van der Waals surface area contributed by atoms with Gasteiger partial charge in [-0.15, -0.1) is 12.4 Å². The molecule has 0 aliphatic carbocycles. The Morgan fingerprint density at radius 2 is 2.09 bits per heavy atom. The summed E-state index contributed by atoms with van der Waals surface area (Å²) >= 11 is 0. The lowest BCUT2D eigenvalue weighted by Crippen LogP contribution is -2.52. The largest absolute Gasteiger partial charge is 0.379 e. The molecule has 1 fully saturated rings. The Hall–Kier alpha value is -1.15. The summed E-state index contributed by atoms with van der Waals surface area (Å²) < 4.78 is 5.38. The molecule has 8 heteroatoms. The Balaban J connectivity index is 0.00000192. The van der Waals surface area contributed by atoms with Crippen LogP contribution in [0, 0.1) is 0 Å². The first-order chi connectivity index (χ1) is 10.7. The molecule has 3 N–H and O–H groups in total. The van der Waals surface area contributed by atoms with Crippen molar-refractivity contribution < 1.29 is 9.53 Å². The van der Waals surface area contributed by atoms with Gasteiger partial charge in [-0.3, -0.25) is 14.8 Å². The fourth-order valence-corrected chi connectivity index (χ4v) is 3.11. The number of morpholine rings is 1. The highest BCUT2D eigenvalue weighted by molar-refractivity contribution is 5.94. The number of nitrogens with one attached hydrogen (secondary N) is 3. The number of rotatable bonds is 4. The summed E-state index contributed by atoms with van der Waals surface area (Å²) in [5.74, 6) is -0.0891. The molecule has 2 atom stereocenters. The summed E-state index contributed by atoms with van der Waals surface area (Å²) in [5, 5.41) is 13.6. The number of hydrogen-bond donors (Lipinski definition) is 3. The number of carbonyl (C=O) groups excluding carboxylic acids is 1. The first-order valence-corrected chi connectivity index (χ1v) is 8.06. The van der Waals surface area contributed by atoms with E-state index in [0.717, 1.165) is 50.5 Å². The number of fused-ring (bicyclic) bond motifs is 1. The topological polar surface area (TPSA) is 82.3 Å². The SMILES string of the molecule is CC(NC(=O)c1n[nH]c2c1CNCC2)C(C)N1CCOCC1.Cl. The predicted octanol–water partition coefficient (Wildman–Crippen LogP) is 0.316. The maximum Gasteiger partial charge on any atom is 0.272 e. The van der Waals surface area contributed by atoms with E-state index < -0.39 is 0 Å². The average molecular weight is 344 g/mol. The molecule has 1 saturated heterocycles. The fourth-order valence-electron chi connectivity index (χ4n) is 3.11. The molecule has 1 amide bonds. The van der Waals surface area contributed by atoms with Crippen LogP contribution in [0.25, 0.3) is 0 Å². The summed E-state index contributed by atoms with van der Waals surface area (Å²) in [5.41, 5.74) is 2.62. The van der Waals surface area contributed by atoms with Gasteiger partial charge in [-0.1, -0.05) is 0 Å². The van der Waals surface area contributed by atoms with E-state index in [1.54, 1.807) is 0 Å². The van der Waals surface area contributed by atoms with Crippen molar-refractivity contribution in [2.75, 3.05) is 32.8 Å². The maximum atomic E-state index is 12.5. The van der Waals surface area contributed by atoms with Crippen molar-refractivity contribution >= 4 is 18.3 Å². The van der Waals surface area contributed by atoms with E-state index in [1.165, 1.54) is 0 Å². The van der Waals surface area contributed by atoms with Crippen LogP contribution in [-0.2, 0) is 17.7 Å². The number of H-pyrrole nitrogens is 1. The minimum atomic E-state index is -0.0891. The zero-order chi connectivity index (χ0) is 15.5. The van der Waals surface area contributed by atoms with Gasteiger partial charge < -0.3 is 15.4 Å². The molecule has 1 aromatic rings. The molecule has 3 rings (SSSR count). The molecule has 2 unspecified atom stereocenters. The first kappa shape index (κ1) is 18.2. The van der Waals surface area contributed by atoms with Crippen LogP contribution in [-0.4, -0.2) is 65.9 Å². The van der Waals surface area contributed by atoms with Crippen molar-refractivity contribution in [2.24, 2.45) is 0 Å². The second kappa shape index (κ2) is 8.10. The van der Waals surface area contributed by atoms with Crippen LogP contribution in [0.15, 0.2) is 0 Å². The van der Waals surface area contributed by atoms with Crippen molar-refractivity contribution in [2.45, 2.75) is 38.9 Å². The zero-order valence-electron chi connectivity index (χ0n) is 13.7. The molecule has 0 aromatic carbocycles. The number of amides is 1. The van der Waals surface area contributed by atoms with Crippen molar-refractivity contribution in [1.29, 1.82) is 0 Å². The van der Waals surface area contributed by atoms with Gasteiger partial charge >= 0.3 is 0 Å². The molecule has 23 heavy (non-hydrogen) atoms. The summed E-state index contributed by atoms with van der Waals surface area (Å²) in [6.45, 7) is 9.22. The lowest BCUT2D eigenvalue weighted by atomic mass is 10.1. The number of carbonyl (C=O) groups is 1. The van der Waals surface area contributed by atoms with Crippen LogP contribution in [0.2, 0.25) is 0 Å². The van der Waals surface area contributed by atoms with Crippen LogP contribution in [0.1, 0.15) is 35.6 Å². The van der Waals surface area contributed by atoms with Crippen LogP contribution < -0.4 is 10.6 Å². The molecule has 7 nitrogen and oxygen atoms in total. The van der Waals surface area contributed by atoms with Crippen LogP contribution >= 0.6 is 12.4 Å². The monoisotopic (exact) mass is 343 g/mol. The lowest BCUT2D eigenvalue weighted by Gasteiger charge is -2.35. The number of nitrogens with zero attached hydrogens (tertiary/aromatic N) is 2. The smallest absolute Gasteiger partial charge is 0.272 e. The Kier molecular flexibility index (Phi) is 6.41. The summed E-state index contributed by atoms with van der Waals surface area (Å²) in [4.78, 5) is 14.9. The molecule has 1 aromatic heterocycles. The summed E-state index contributed by atoms with van der Waals surface area (Å²) in [6, 6.07) is 0.343. The van der Waals surface area contributed by atoms with Gasteiger partial charge in [0, 0.05) is 55.9 Å². The highest BCUT2D eigenvalue weighted by Gasteiger charge is 2.26. The molecule has 130 valence electrons. The van der Waals surface area contributed by atoms with Crippen molar-refractivity contribution in [3.63, 3.8) is 0 Å². The first-order valence-electron chi connectivity index (χ1n) is 8.06. The van der Waals surface area contributed by atoms with Crippen molar-refractivity contribution in [3.05, 3.63) is 17.0 Å². The molecular weight excluding hydrogens is 318 g/mol. The molecule has 0 spiro atoms. The second-order valence-corrected chi connectivity index (χ2v) is 6.11. The Morgan fingerprint density at radius 1 is 1.35 bits per heavy atom. The summed E-state index contributed by atoms with van der Waals surface area (Å²) in [6.07, 6.45) is 0.898. The lowest BCUT2D eigenvalue weighted by molar-refractivity contribution is 0.0137. The minimum Gasteiger partial charge on any atom is -0.379 e. The van der Waals surface area contributed by atoms with Crippen molar-refractivity contribution in [1.82, 2.24) is 25.7 Å². The van der Waals surface area contributed by atoms with Gasteiger partial charge in [0.2, 0.25) is 0 Å². The molecule has 2 aliphatic heterocycles. The van der Waals surface area contributed by atoms with Gasteiger partial charge in [0.1, 0.15) is 0 Å². The predicted molar refractivity (Wildman–Crippen MR) is 90.0 cm³/mol. The molecular formula is C15H26ClN5O2. The second-order valence-electron chi connectivity index (χ2n) is 6.11. The van der Waals surface area contributed by atoms with E-state index in [9.17, 15) is 4.79 Å². The van der Waals surface area contributed by atoms with E-state index in [2.05, 4.69) is 39.6 Å². The normalized spacial score (nSPS) is 21.0. The van der Waals surface area contributed by atoms with E-state index >= 15 is 0 Å². The van der Waals surface area contributed by atoms with E-state index in [-0.39, 0.29) is 30.4 Å². The molecule has 2 aliphatic rings. The molecule has 0 saturated carbocycles. The third kappa shape index (κ3) is 4.03. The van der Waals surface area contributed by atoms with E-state index in [1.807, 2.05) is 0 Å². The standard InChI is InChI=1S/C15H25N5O2.ClH/c1-10(11(2)20-5-7-22-8-6-20)17-15(21)14-12-9-16-4-3-13(12)18-19-14;/h10-11,16H,3-9H2,1-2H3,(H,17,21)(H,18,19);1H. The summed E-state index contributed by atoms with van der Waals surface area (Å²) in [7, 11) is 0. The maximum absolute atomic E-state index is 12.5. The van der Waals surface area contributed by atoms with Gasteiger partial charge in [-0.05, 0) is 13.8 Å². The minimum absolute atomic E-state index is 0. The van der Waals surface area contributed by atoms with E-state index in [0.29, 0.717) is 12.2 Å². The number of ether oxygens (including phenoxy) is 1. The third-order valence-electron chi connectivity index (χ3n) is 4.73. The van der Waals surface area contributed by atoms with Gasteiger partial charge in [-0.2, -0.15) is 5.10 Å². The van der Waals surface area contributed by atoms with Crippen molar-refractivity contribution in [3.8, 4) is 0 Å². The van der Waals surface area contributed by atoms with Crippen LogP contribution in [0.3, 0.4) is 0 Å². The van der Waals surface area contributed by atoms with Crippen LogP contribution in [0.4, 0.5) is 0 Å². The molecule has 3 heterocycles. The molecule has 0 radical (unpaired) electrons. The average Bonchev–Trinajstić information content (AvgIpc) is 2.99. The number of aromatic nitrogens is 2.